The maximum absolute atomic E-state index is 12.8. The van der Waals surface area contributed by atoms with Gasteiger partial charge in [-0.05, 0) is 146 Å². The molecule has 6 rings (SSSR count). The Morgan fingerprint density at radius 2 is 1.70 bits per heavy atom. The van der Waals surface area contributed by atoms with Gasteiger partial charge in [0, 0.05) is 12.8 Å². The highest BCUT2D eigenvalue weighted by Gasteiger charge is 2.59. The zero-order chi connectivity index (χ0) is 33.2. The van der Waals surface area contributed by atoms with Crippen LogP contribution < -0.4 is 4.74 Å². The summed E-state index contributed by atoms with van der Waals surface area (Å²) < 4.78 is 12.0. The van der Waals surface area contributed by atoms with Gasteiger partial charge in [-0.15, -0.1) is 0 Å². The molecule has 4 aliphatic rings. The van der Waals surface area contributed by atoms with Gasteiger partial charge < -0.3 is 14.6 Å². The SMILES string of the molecule is CC(C)CCC[C@@H](C)[C@H]1CC[C@H]2[C@@H]3CC=C4C[C@@H](OC(=O)CCCCCOc5ccc6cc(O)ccc6c5)CC[C@]4(C)[C@H]3CC[C@]12C. The Bertz CT molecular complexity index is 1410. The molecule has 4 heteroatoms. The molecular weight excluding hydrogens is 580 g/mol. The molecule has 2 aromatic rings. The average Bonchev–Trinajstić information content (AvgIpc) is 3.40. The molecule has 4 nitrogen and oxygen atoms in total. The van der Waals surface area contributed by atoms with Gasteiger partial charge in [-0.2, -0.15) is 0 Å². The summed E-state index contributed by atoms with van der Waals surface area (Å²) in [7, 11) is 0. The monoisotopic (exact) mass is 642 g/mol. The number of unbranched alkanes of at least 4 members (excludes halogenated alkanes) is 2. The number of carbonyl (C=O) groups excluding carboxylic acids is 1. The maximum Gasteiger partial charge on any atom is 0.306 e. The molecule has 2 aromatic carbocycles. The van der Waals surface area contributed by atoms with Crippen LogP contribution in [0, 0.1) is 46.3 Å². The highest BCUT2D eigenvalue weighted by molar-refractivity contribution is 5.85. The first-order valence-electron chi connectivity index (χ1n) is 19.3. The van der Waals surface area contributed by atoms with Gasteiger partial charge in [0.05, 0.1) is 6.61 Å². The summed E-state index contributed by atoms with van der Waals surface area (Å²) in [6.45, 7) is 13.2. The van der Waals surface area contributed by atoms with Gasteiger partial charge in [-0.1, -0.05) is 77.7 Å². The van der Waals surface area contributed by atoms with E-state index in [9.17, 15) is 9.90 Å². The van der Waals surface area contributed by atoms with Crippen LogP contribution in [0.25, 0.3) is 10.8 Å². The molecule has 4 aliphatic carbocycles. The third-order valence-electron chi connectivity index (χ3n) is 13.6. The molecule has 0 aromatic heterocycles. The van der Waals surface area contributed by atoms with Crippen molar-refractivity contribution in [2.45, 2.75) is 137 Å². The van der Waals surface area contributed by atoms with Gasteiger partial charge in [0.2, 0.25) is 0 Å². The Kier molecular flexibility index (Phi) is 10.6. The van der Waals surface area contributed by atoms with Crippen molar-refractivity contribution in [3.8, 4) is 11.5 Å². The Labute approximate surface area is 285 Å². The van der Waals surface area contributed by atoms with Crippen LogP contribution in [0.15, 0.2) is 48.0 Å². The highest BCUT2D eigenvalue weighted by Crippen LogP contribution is 2.67. The summed E-state index contributed by atoms with van der Waals surface area (Å²) in [4.78, 5) is 12.8. The molecule has 0 radical (unpaired) electrons. The van der Waals surface area contributed by atoms with Gasteiger partial charge in [0.25, 0.3) is 0 Å². The quantitative estimate of drug-likeness (QED) is 0.134. The van der Waals surface area contributed by atoms with Gasteiger partial charge in [-0.3, -0.25) is 4.79 Å². The number of allylic oxidation sites excluding steroid dienone is 1. The summed E-state index contributed by atoms with van der Waals surface area (Å²) in [5.74, 6) is 6.21. The summed E-state index contributed by atoms with van der Waals surface area (Å²) in [5.41, 5.74) is 2.42. The van der Waals surface area contributed by atoms with Crippen LogP contribution in [-0.2, 0) is 9.53 Å². The predicted octanol–water partition coefficient (Wildman–Crippen LogP) is 11.4. The number of carbonyl (C=O) groups is 1. The minimum absolute atomic E-state index is 0.0282. The second-order valence-corrected chi connectivity index (χ2v) is 17.0. The highest BCUT2D eigenvalue weighted by atomic mass is 16.5. The third kappa shape index (κ3) is 7.42. The maximum atomic E-state index is 12.8. The van der Waals surface area contributed by atoms with Crippen molar-refractivity contribution in [3.05, 3.63) is 48.0 Å². The number of phenolic OH excluding ortho intramolecular Hbond substituents is 1. The minimum Gasteiger partial charge on any atom is -0.508 e. The number of phenols is 1. The van der Waals surface area contributed by atoms with Crippen molar-refractivity contribution in [3.63, 3.8) is 0 Å². The molecule has 0 aliphatic heterocycles. The van der Waals surface area contributed by atoms with E-state index in [2.05, 4.69) is 40.7 Å². The Morgan fingerprint density at radius 3 is 2.53 bits per heavy atom. The van der Waals surface area contributed by atoms with Crippen LogP contribution >= 0.6 is 0 Å². The number of aromatic hydroxyl groups is 1. The lowest BCUT2D eigenvalue weighted by Crippen LogP contribution is -2.51. The van der Waals surface area contributed by atoms with Crippen molar-refractivity contribution in [2.75, 3.05) is 6.61 Å². The number of hydrogen-bond donors (Lipinski definition) is 1. The van der Waals surface area contributed by atoms with E-state index in [-0.39, 0.29) is 17.8 Å². The van der Waals surface area contributed by atoms with Gasteiger partial charge >= 0.3 is 5.97 Å². The van der Waals surface area contributed by atoms with E-state index < -0.39 is 0 Å². The molecule has 0 saturated heterocycles. The zero-order valence-corrected chi connectivity index (χ0v) is 30.1. The average molecular weight is 643 g/mol. The Balaban J connectivity index is 0.937. The molecule has 258 valence electrons. The van der Waals surface area contributed by atoms with Crippen molar-refractivity contribution >= 4 is 16.7 Å². The van der Waals surface area contributed by atoms with Crippen LogP contribution in [0.1, 0.15) is 131 Å². The summed E-state index contributed by atoms with van der Waals surface area (Å²) >= 11 is 0. The molecule has 0 bridgehead atoms. The number of esters is 1. The van der Waals surface area contributed by atoms with Crippen LogP contribution in [0.5, 0.6) is 11.5 Å². The number of ether oxygens (including phenoxy) is 2. The second-order valence-electron chi connectivity index (χ2n) is 17.0. The number of fused-ring (bicyclic) bond motifs is 6. The molecule has 0 amide bonds. The molecule has 0 unspecified atom stereocenters. The topological polar surface area (TPSA) is 55.8 Å². The molecule has 1 N–H and O–H groups in total. The normalized spacial score (nSPS) is 32.3. The fraction of sp³-hybridized carbons (Fsp3) is 0.698. The van der Waals surface area contributed by atoms with E-state index in [0.717, 1.165) is 84.1 Å². The van der Waals surface area contributed by atoms with E-state index >= 15 is 0 Å². The predicted molar refractivity (Wildman–Crippen MR) is 193 cm³/mol. The summed E-state index contributed by atoms with van der Waals surface area (Å²) in [6, 6.07) is 11.3. The minimum atomic E-state index is -0.0282. The van der Waals surface area contributed by atoms with Crippen molar-refractivity contribution in [2.24, 2.45) is 46.3 Å². The number of hydrogen-bond acceptors (Lipinski definition) is 4. The van der Waals surface area contributed by atoms with Crippen LogP contribution in [0.3, 0.4) is 0 Å². The first kappa shape index (κ1) is 34.4. The Morgan fingerprint density at radius 1 is 0.894 bits per heavy atom. The molecule has 47 heavy (non-hydrogen) atoms. The lowest BCUT2D eigenvalue weighted by molar-refractivity contribution is -0.151. The van der Waals surface area contributed by atoms with E-state index in [1.807, 2.05) is 24.3 Å². The number of benzene rings is 2. The van der Waals surface area contributed by atoms with Crippen molar-refractivity contribution in [1.82, 2.24) is 0 Å². The van der Waals surface area contributed by atoms with Gasteiger partial charge in [-0.25, -0.2) is 0 Å². The largest absolute Gasteiger partial charge is 0.508 e. The first-order chi connectivity index (χ1) is 22.6. The summed E-state index contributed by atoms with van der Waals surface area (Å²) in [5, 5.41) is 11.7. The van der Waals surface area contributed by atoms with Crippen LogP contribution in [-0.4, -0.2) is 23.8 Å². The fourth-order valence-electron chi connectivity index (χ4n) is 11.0. The smallest absolute Gasteiger partial charge is 0.306 e. The number of rotatable bonds is 13. The molecule has 0 spiro atoms. The third-order valence-corrected chi connectivity index (χ3v) is 13.6. The Hall–Kier alpha value is -2.49. The van der Waals surface area contributed by atoms with Crippen molar-refractivity contribution in [1.29, 1.82) is 0 Å². The van der Waals surface area contributed by atoms with Gasteiger partial charge in [0.15, 0.2) is 0 Å². The standard InChI is InChI=1S/C43H62O4/c1-29(2)10-9-11-30(3)38-19-20-39-37-18-15-33-28-36(21-23-42(33,4)40(37)22-24-43(38,39)5)47-41(45)12-7-6-8-25-46-35-17-14-31-26-34(44)16-13-32(31)27-35/h13-17,26-27,29-30,36-40,44H,6-12,18-25,28H2,1-5H3/t30-,36+,37+,38-,39+,40+,42+,43-/m1/s1. The summed E-state index contributed by atoms with van der Waals surface area (Å²) in [6.07, 6.45) is 20.1. The van der Waals surface area contributed by atoms with E-state index in [4.69, 9.17) is 9.47 Å². The lowest BCUT2D eigenvalue weighted by Gasteiger charge is -2.58. The molecule has 3 fully saturated rings. The fourth-order valence-corrected chi connectivity index (χ4v) is 11.0. The van der Waals surface area contributed by atoms with E-state index in [1.165, 1.54) is 57.8 Å². The molecule has 0 heterocycles. The molecule has 3 saturated carbocycles. The van der Waals surface area contributed by atoms with Crippen LogP contribution in [0.4, 0.5) is 0 Å². The molecular formula is C43H62O4. The lowest BCUT2D eigenvalue weighted by atomic mass is 9.47. The van der Waals surface area contributed by atoms with E-state index in [0.29, 0.717) is 23.9 Å². The zero-order valence-electron chi connectivity index (χ0n) is 30.1. The van der Waals surface area contributed by atoms with E-state index in [1.54, 1.807) is 17.7 Å². The van der Waals surface area contributed by atoms with Crippen LogP contribution in [0.2, 0.25) is 0 Å². The van der Waals surface area contributed by atoms with Gasteiger partial charge in [0.1, 0.15) is 17.6 Å². The van der Waals surface area contributed by atoms with Crippen molar-refractivity contribution < 1.29 is 19.4 Å². The first-order valence-corrected chi connectivity index (χ1v) is 19.3. The molecule has 8 atom stereocenters. The second kappa shape index (κ2) is 14.6.